The maximum Gasteiger partial charge on any atom is 0.389 e. The first-order valence-electron chi connectivity index (χ1n) is 6.02. The van der Waals surface area contributed by atoms with Gasteiger partial charge in [-0.1, -0.05) is 6.92 Å². The maximum absolute atomic E-state index is 12.2. The third-order valence-corrected chi connectivity index (χ3v) is 3.71. The Morgan fingerprint density at radius 3 is 2.76 bits per heavy atom. The molecule has 1 aliphatic heterocycles. The summed E-state index contributed by atoms with van der Waals surface area (Å²) in [6, 6.07) is -0.177. The normalized spacial score (nSPS) is 23.6. The topological polar surface area (TPSA) is 21.3 Å². The molecule has 0 aromatic carbocycles. The van der Waals surface area contributed by atoms with Crippen LogP contribution >= 0.6 is 11.8 Å². The summed E-state index contributed by atoms with van der Waals surface area (Å²) in [6.07, 6.45) is -3.87. The number of thioether (sulfide) groups is 1. The Hall–Kier alpha value is 0.0600. The van der Waals surface area contributed by atoms with E-state index in [1.165, 1.54) is 0 Å². The number of rotatable bonds is 6. The first-order chi connectivity index (χ1) is 8.03. The smallest absolute Gasteiger partial charge is 0.375 e. The Kier molecular flexibility index (Phi) is 6.66. The predicted molar refractivity (Wildman–Crippen MR) is 64.4 cm³/mol. The number of halogens is 3. The molecule has 0 aromatic rings. The van der Waals surface area contributed by atoms with Crippen molar-refractivity contribution in [2.45, 2.75) is 44.5 Å². The fourth-order valence-electron chi connectivity index (χ4n) is 1.81. The third kappa shape index (κ3) is 6.52. The van der Waals surface area contributed by atoms with Gasteiger partial charge in [0, 0.05) is 24.0 Å². The summed E-state index contributed by atoms with van der Waals surface area (Å²) in [5.74, 6) is 1.73. The largest absolute Gasteiger partial charge is 0.389 e. The molecular weight excluding hydrogens is 251 g/mol. The van der Waals surface area contributed by atoms with Crippen molar-refractivity contribution in [3.63, 3.8) is 0 Å². The molecule has 1 fully saturated rings. The molecule has 2 nitrogen and oxygen atoms in total. The van der Waals surface area contributed by atoms with Gasteiger partial charge in [-0.2, -0.15) is 24.9 Å². The number of hydrogen-bond acceptors (Lipinski definition) is 3. The van der Waals surface area contributed by atoms with E-state index in [1.807, 2.05) is 6.92 Å². The zero-order valence-electron chi connectivity index (χ0n) is 10.1. The highest BCUT2D eigenvalue weighted by molar-refractivity contribution is 7.99. The van der Waals surface area contributed by atoms with Crippen LogP contribution in [0, 0.1) is 0 Å². The van der Waals surface area contributed by atoms with Crippen LogP contribution in [0.25, 0.3) is 0 Å². The molecule has 102 valence electrons. The second kappa shape index (κ2) is 7.48. The monoisotopic (exact) mass is 271 g/mol. The lowest BCUT2D eigenvalue weighted by atomic mass is 10.1. The number of nitrogens with one attached hydrogen (secondary N) is 1. The average Bonchev–Trinajstić information content (AvgIpc) is 2.29. The van der Waals surface area contributed by atoms with Gasteiger partial charge in [0.1, 0.15) is 0 Å². The second-order valence-corrected chi connectivity index (χ2v) is 5.35. The first kappa shape index (κ1) is 15.1. The minimum atomic E-state index is -4.08. The van der Waals surface area contributed by atoms with Crippen molar-refractivity contribution in [2.75, 3.05) is 24.7 Å². The van der Waals surface area contributed by atoms with Crippen molar-refractivity contribution < 1.29 is 17.9 Å². The Bertz CT molecular complexity index is 207. The fourth-order valence-corrected chi connectivity index (χ4v) is 2.75. The van der Waals surface area contributed by atoms with Crippen molar-refractivity contribution in [1.29, 1.82) is 0 Å². The SMILES string of the molecule is CCCNC(CCC(F)(F)F)C1CSCCO1. The minimum Gasteiger partial charge on any atom is -0.375 e. The molecule has 0 aromatic heterocycles. The molecule has 1 aliphatic rings. The van der Waals surface area contributed by atoms with Crippen LogP contribution in [0.5, 0.6) is 0 Å². The Morgan fingerprint density at radius 1 is 1.47 bits per heavy atom. The van der Waals surface area contributed by atoms with Crippen LogP contribution in [-0.4, -0.2) is 43.0 Å². The summed E-state index contributed by atoms with van der Waals surface area (Å²) in [7, 11) is 0. The molecule has 0 amide bonds. The zero-order valence-corrected chi connectivity index (χ0v) is 10.9. The summed E-state index contributed by atoms with van der Waals surface area (Å²) in [4.78, 5) is 0. The van der Waals surface area contributed by atoms with Gasteiger partial charge in [-0.25, -0.2) is 0 Å². The molecule has 0 radical (unpaired) electrons. The van der Waals surface area contributed by atoms with Crippen LogP contribution in [-0.2, 0) is 4.74 Å². The van der Waals surface area contributed by atoms with E-state index in [0.717, 1.165) is 24.5 Å². The molecule has 1 heterocycles. The molecule has 0 bridgehead atoms. The molecule has 0 spiro atoms. The van der Waals surface area contributed by atoms with Crippen molar-refractivity contribution >= 4 is 11.8 Å². The van der Waals surface area contributed by atoms with E-state index < -0.39 is 12.6 Å². The van der Waals surface area contributed by atoms with Crippen LogP contribution in [0.2, 0.25) is 0 Å². The van der Waals surface area contributed by atoms with E-state index in [1.54, 1.807) is 11.8 Å². The molecule has 6 heteroatoms. The minimum absolute atomic E-state index is 0.0809. The van der Waals surface area contributed by atoms with E-state index in [-0.39, 0.29) is 18.6 Å². The zero-order chi connectivity index (χ0) is 12.7. The van der Waals surface area contributed by atoms with Crippen LogP contribution in [0.3, 0.4) is 0 Å². The Labute approximate surface area is 105 Å². The fraction of sp³-hybridized carbons (Fsp3) is 1.00. The highest BCUT2D eigenvalue weighted by atomic mass is 32.2. The van der Waals surface area contributed by atoms with E-state index in [0.29, 0.717) is 6.61 Å². The van der Waals surface area contributed by atoms with Gasteiger partial charge in [0.2, 0.25) is 0 Å². The molecule has 1 saturated heterocycles. The van der Waals surface area contributed by atoms with Crippen LogP contribution in [0.1, 0.15) is 26.2 Å². The van der Waals surface area contributed by atoms with E-state index >= 15 is 0 Å². The molecule has 1 N–H and O–H groups in total. The quantitative estimate of drug-likeness (QED) is 0.802. The van der Waals surface area contributed by atoms with Gasteiger partial charge in [0.25, 0.3) is 0 Å². The summed E-state index contributed by atoms with van der Waals surface area (Å²) in [6.45, 7) is 3.39. The van der Waals surface area contributed by atoms with Crippen molar-refractivity contribution in [1.82, 2.24) is 5.32 Å². The maximum atomic E-state index is 12.2. The number of ether oxygens (including phenoxy) is 1. The van der Waals surface area contributed by atoms with Crippen LogP contribution < -0.4 is 5.32 Å². The van der Waals surface area contributed by atoms with Gasteiger partial charge in [-0.05, 0) is 19.4 Å². The second-order valence-electron chi connectivity index (χ2n) is 4.20. The molecule has 0 saturated carbocycles. The van der Waals surface area contributed by atoms with Crippen LogP contribution in [0.4, 0.5) is 13.2 Å². The highest BCUT2D eigenvalue weighted by Crippen LogP contribution is 2.25. The lowest BCUT2D eigenvalue weighted by Crippen LogP contribution is -2.45. The van der Waals surface area contributed by atoms with Gasteiger partial charge in [0.05, 0.1) is 12.7 Å². The molecule has 2 atom stereocenters. The number of alkyl halides is 3. The summed E-state index contributed by atoms with van der Waals surface area (Å²) >= 11 is 1.75. The standard InChI is InChI=1S/C11H20F3NOS/c1-2-5-15-9(3-4-11(12,13)14)10-8-17-7-6-16-10/h9-10,15H,2-8H2,1H3. The van der Waals surface area contributed by atoms with Gasteiger partial charge < -0.3 is 10.1 Å². The third-order valence-electron chi connectivity index (χ3n) is 2.69. The Morgan fingerprint density at radius 2 is 2.24 bits per heavy atom. The lowest BCUT2D eigenvalue weighted by Gasteiger charge is -2.31. The van der Waals surface area contributed by atoms with Gasteiger partial charge in [-0.15, -0.1) is 0 Å². The van der Waals surface area contributed by atoms with Crippen LogP contribution in [0.15, 0.2) is 0 Å². The van der Waals surface area contributed by atoms with Gasteiger partial charge in [0.15, 0.2) is 0 Å². The summed E-state index contributed by atoms with van der Waals surface area (Å²) in [5, 5.41) is 3.17. The molecule has 0 aliphatic carbocycles. The summed E-state index contributed by atoms with van der Waals surface area (Å²) in [5.41, 5.74) is 0. The lowest BCUT2D eigenvalue weighted by molar-refractivity contribution is -0.138. The van der Waals surface area contributed by atoms with Crippen molar-refractivity contribution in [3.05, 3.63) is 0 Å². The summed E-state index contributed by atoms with van der Waals surface area (Å²) < 4.78 is 42.2. The van der Waals surface area contributed by atoms with E-state index in [4.69, 9.17) is 4.74 Å². The van der Waals surface area contributed by atoms with Gasteiger partial charge >= 0.3 is 6.18 Å². The van der Waals surface area contributed by atoms with E-state index in [2.05, 4.69) is 5.32 Å². The van der Waals surface area contributed by atoms with Crippen molar-refractivity contribution in [2.24, 2.45) is 0 Å². The Balaban J connectivity index is 2.40. The van der Waals surface area contributed by atoms with Crippen molar-refractivity contribution in [3.8, 4) is 0 Å². The highest BCUT2D eigenvalue weighted by Gasteiger charge is 2.31. The molecule has 1 rings (SSSR count). The first-order valence-corrected chi connectivity index (χ1v) is 7.18. The average molecular weight is 271 g/mol. The molecular formula is C11H20F3NOS. The predicted octanol–water partition coefficient (Wildman–Crippen LogP) is 2.83. The van der Waals surface area contributed by atoms with Gasteiger partial charge in [-0.3, -0.25) is 0 Å². The molecule has 17 heavy (non-hydrogen) atoms. The van der Waals surface area contributed by atoms with E-state index in [9.17, 15) is 13.2 Å². The number of hydrogen-bond donors (Lipinski definition) is 1. The molecule has 2 unspecified atom stereocenters.